The molecule has 1 N–H and O–H groups in total. The molecule has 0 atom stereocenters. The minimum atomic E-state index is -0.874. The van der Waals surface area contributed by atoms with E-state index in [4.69, 9.17) is 19.4 Å². The average molecular weight is 411 g/mol. The van der Waals surface area contributed by atoms with Gasteiger partial charge in [-0.1, -0.05) is 36.3 Å². The molecule has 6 heteroatoms. The lowest BCUT2D eigenvalue weighted by Gasteiger charge is -2.15. The molecule has 0 radical (unpaired) electrons. The van der Waals surface area contributed by atoms with Crippen molar-refractivity contribution in [3.05, 3.63) is 59.7 Å². The van der Waals surface area contributed by atoms with Gasteiger partial charge in [0, 0.05) is 5.56 Å². The molecule has 160 valence electrons. The van der Waals surface area contributed by atoms with Gasteiger partial charge >= 0.3 is 5.97 Å². The molecule has 0 bridgehead atoms. The number of rotatable bonds is 11. The van der Waals surface area contributed by atoms with E-state index in [0.29, 0.717) is 23.6 Å². The van der Waals surface area contributed by atoms with E-state index in [0.717, 1.165) is 30.6 Å². The predicted molar refractivity (Wildman–Crippen MR) is 115 cm³/mol. The van der Waals surface area contributed by atoms with Gasteiger partial charge in [0.25, 0.3) is 0 Å². The highest BCUT2D eigenvalue weighted by molar-refractivity contribution is 6.01. The van der Waals surface area contributed by atoms with E-state index in [1.807, 2.05) is 31.2 Å². The summed E-state index contributed by atoms with van der Waals surface area (Å²) in [5.74, 6) is 0.544. The first-order valence-electron chi connectivity index (χ1n) is 10.5. The van der Waals surface area contributed by atoms with Crippen molar-refractivity contribution in [1.82, 2.24) is 0 Å². The largest absolute Gasteiger partial charge is 0.490 e. The van der Waals surface area contributed by atoms with Crippen LogP contribution in [0.25, 0.3) is 0 Å². The third kappa shape index (κ3) is 6.79. The highest BCUT2D eigenvalue weighted by atomic mass is 16.6. The number of ether oxygens (including phenoxy) is 2. The van der Waals surface area contributed by atoms with E-state index < -0.39 is 5.97 Å². The Bertz CT molecular complexity index is 858. The molecule has 3 rings (SSSR count). The van der Waals surface area contributed by atoms with Gasteiger partial charge in [0.05, 0.1) is 12.5 Å². The Morgan fingerprint density at radius 2 is 1.87 bits per heavy atom. The van der Waals surface area contributed by atoms with E-state index in [9.17, 15) is 4.79 Å². The third-order valence-electron chi connectivity index (χ3n) is 4.87. The maximum absolute atomic E-state index is 10.9. The second kappa shape index (κ2) is 11.2. The van der Waals surface area contributed by atoms with Crippen LogP contribution in [0.1, 0.15) is 50.2 Å². The summed E-state index contributed by atoms with van der Waals surface area (Å²) in [6, 6.07) is 14.9. The third-order valence-corrected chi connectivity index (χ3v) is 4.87. The molecule has 0 aliphatic heterocycles. The molecule has 0 unspecified atom stereocenters. The van der Waals surface area contributed by atoms with Crippen LogP contribution in [-0.2, 0) is 16.1 Å². The van der Waals surface area contributed by atoms with Crippen LogP contribution in [0.5, 0.6) is 11.5 Å². The maximum Gasteiger partial charge on any atom is 0.307 e. The molecule has 6 nitrogen and oxygen atoms in total. The predicted octanol–water partition coefficient (Wildman–Crippen LogP) is 4.84. The van der Waals surface area contributed by atoms with Crippen LogP contribution in [0, 0.1) is 0 Å². The Morgan fingerprint density at radius 1 is 1.10 bits per heavy atom. The van der Waals surface area contributed by atoms with Crippen molar-refractivity contribution in [2.24, 2.45) is 5.16 Å². The SMILES string of the molecule is CCCON=C(COc1cccc(CC(=O)O)c1)c1cccc(OC2CCCC2)c1. The van der Waals surface area contributed by atoms with Crippen molar-refractivity contribution >= 4 is 11.7 Å². The highest BCUT2D eigenvalue weighted by Crippen LogP contribution is 2.25. The molecule has 0 saturated heterocycles. The molecule has 1 aliphatic rings. The van der Waals surface area contributed by atoms with Gasteiger partial charge in [0.15, 0.2) is 0 Å². The number of carboxylic acids is 1. The van der Waals surface area contributed by atoms with Gasteiger partial charge in [0.2, 0.25) is 0 Å². The van der Waals surface area contributed by atoms with Gasteiger partial charge in [0.1, 0.15) is 30.4 Å². The summed E-state index contributed by atoms with van der Waals surface area (Å²) in [6.07, 6.45) is 5.73. The topological polar surface area (TPSA) is 77.4 Å². The molecule has 1 fully saturated rings. The minimum Gasteiger partial charge on any atom is -0.490 e. The first-order chi connectivity index (χ1) is 14.6. The number of carbonyl (C=O) groups is 1. The van der Waals surface area contributed by atoms with E-state index in [2.05, 4.69) is 5.16 Å². The summed E-state index contributed by atoms with van der Waals surface area (Å²) in [6.45, 7) is 2.75. The Balaban J connectivity index is 1.71. The zero-order chi connectivity index (χ0) is 21.2. The maximum atomic E-state index is 10.9. The molecule has 2 aromatic carbocycles. The van der Waals surface area contributed by atoms with Crippen molar-refractivity contribution in [3.63, 3.8) is 0 Å². The van der Waals surface area contributed by atoms with E-state index in [-0.39, 0.29) is 19.1 Å². The van der Waals surface area contributed by atoms with E-state index >= 15 is 0 Å². The number of aliphatic carboxylic acids is 1. The lowest BCUT2D eigenvalue weighted by molar-refractivity contribution is -0.136. The fourth-order valence-corrected chi connectivity index (χ4v) is 3.40. The number of carboxylic acid groups (broad SMARTS) is 1. The summed E-state index contributed by atoms with van der Waals surface area (Å²) >= 11 is 0. The summed E-state index contributed by atoms with van der Waals surface area (Å²) in [5.41, 5.74) is 2.22. The van der Waals surface area contributed by atoms with E-state index in [1.54, 1.807) is 24.3 Å². The molecule has 30 heavy (non-hydrogen) atoms. The molecule has 0 heterocycles. The van der Waals surface area contributed by atoms with Crippen molar-refractivity contribution in [2.45, 2.75) is 51.6 Å². The van der Waals surface area contributed by atoms with Crippen LogP contribution in [-0.4, -0.2) is 36.1 Å². The summed E-state index contributed by atoms with van der Waals surface area (Å²) in [4.78, 5) is 16.4. The number of hydrogen-bond acceptors (Lipinski definition) is 5. The van der Waals surface area contributed by atoms with Crippen molar-refractivity contribution in [2.75, 3.05) is 13.2 Å². The Labute approximate surface area is 177 Å². The Kier molecular flexibility index (Phi) is 8.12. The smallest absolute Gasteiger partial charge is 0.307 e. The van der Waals surface area contributed by atoms with Gasteiger partial charge in [-0.25, -0.2) is 0 Å². The molecule has 1 saturated carbocycles. The van der Waals surface area contributed by atoms with Crippen LogP contribution in [0.4, 0.5) is 0 Å². The van der Waals surface area contributed by atoms with Crippen LogP contribution in [0.3, 0.4) is 0 Å². The van der Waals surface area contributed by atoms with Crippen LogP contribution >= 0.6 is 0 Å². The van der Waals surface area contributed by atoms with Crippen molar-refractivity contribution in [3.8, 4) is 11.5 Å². The Hall–Kier alpha value is -3.02. The molecular formula is C24H29NO5. The van der Waals surface area contributed by atoms with Gasteiger partial charge in [-0.2, -0.15) is 0 Å². The lowest BCUT2D eigenvalue weighted by Crippen LogP contribution is -2.15. The van der Waals surface area contributed by atoms with Gasteiger partial charge in [-0.05, 0) is 61.9 Å². The molecule has 0 amide bonds. The monoisotopic (exact) mass is 411 g/mol. The quantitative estimate of drug-likeness (QED) is 0.325. The molecule has 1 aliphatic carbocycles. The number of oxime groups is 1. The second-order valence-electron chi connectivity index (χ2n) is 7.43. The first kappa shape index (κ1) is 21.7. The van der Waals surface area contributed by atoms with Gasteiger partial charge in [-0.3, -0.25) is 4.79 Å². The molecule has 0 aromatic heterocycles. The fraction of sp³-hybridized carbons (Fsp3) is 0.417. The zero-order valence-corrected chi connectivity index (χ0v) is 17.4. The van der Waals surface area contributed by atoms with Gasteiger partial charge in [-0.15, -0.1) is 0 Å². The van der Waals surface area contributed by atoms with Crippen LogP contribution < -0.4 is 9.47 Å². The second-order valence-corrected chi connectivity index (χ2v) is 7.43. The van der Waals surface area contributed by atoms with Crippen molar-refractivity contribution in [1.29, 1.82) is 0 Å². The highest BCUT2D eigenvalue weighted by Gasteiger charge is 2.17. The van der Waals surface area contributed by atoms with E-state index in [1.165, 1.54) is 12.8 Å². The number of hydrogen-bond donors (Lipinski definition) is 1. The standard InChI is InChI=1S/C24H29NO5/c1-2-13-29-25-23(17-28-21-11-5-7-18(14-21)15-24(26)27)19-8-6-12-22(16-19)30-20-9-3-4-10-20/h5-8,11-12,14,16,20H,2-4,9-10,13,15,17H2,1H3,(H,26,27). The summed E-state index contributed by atoms with van der Waals surface area (Å²) < 4.78 is 12.0. The zero-order valence-electron chi connectivity index (χ0n) is 17.4. The molecule has 0 spiro atoms. The van der Waals surface area contributed by atoms with Gasteiger partial charge < -0.3 is 19.4 Å². The number of benzene rings is 2. The normalized spacial score (nSPS) is 14.5. The average Bonchev–Trinajstić information content (AvgIpc) is 3.23. The lowest BCUT2D eigenvalue weighted by atomic mass is 10.1. The Morgan fingerprint density at radius 3 is 2.63 bits per heavy atom. The van der Waals surface area contributed by atoms with Crippen LogP contribution in [0.15, 0.2) is 53.7 Å². The number of nitrogens with zero attached hydrogens (tertiary/aromatic N) is 1. The summed E-state index contributed by atoms with van der Waals surface area (Å²) in [7, 11) is 0. The molecular weight excluding hydrogens is 382 g/mol. The fourth-order valence-electron chi connectivity index (χ4n) is 3.40. The minimum absolute atomic E-state index is 0.0433. The van der Waals surface area contributed by atoms with Crippen LogP contribution in [0.2, 0.25) is 0 Å². The summed E-state index contributed by atoms with van der Waals surface area (Å²) in [5, 5.41) is 13.3. The first-order valence-corrected chi connectivity index (χ1v) is 10.5. The van der Waals surface area contributed by atoms with Crippen molar-refractivity contribution < 1.29 is 24.2 Å². The molecule has 2 aromatic rings.